The highest BCUT2D eigenvalue weighted by molar-refractivity contribution is 6.33. The van der Waals surface area contributed by atoms with Crippen molar-refractivity contribution in [3.05, 3.63) is 40.4 Å². The van der Waals surface area contributed by atoms with Crippen molar-refractivity contribution >= 4 is 23.5 Å². The van der Waals surface area contributed by atoms with Crippen LogP contribution in [-0.4, -0.2) is 29.7 Å². The van der Waals surface area contributed by atoms with Crippen molar-refractivity contribution in [3.8, 4) is 11.3 Å². The number of hydrogen-bond acceptors (Lipinski definition) is 5. The van der Waals surface area contributed by atoms with Crippen LogP contribution in [0.25, 0.3) is 11.3 Å². The summed E-state index contributed by atoms with van der Waals surface area (Å²) in [6, 6.07) is 4.25. The Morgan fingerprint density at radius 3 is 2.68 bits per heavy atom. The first-order chi connectivity index (χ1) is 13.5. The number of amides is 1. The van der Waals surface area contributed by atoms with E-state index in [0.29, 0.717) is 0 Å². The third kappa shape index (κ3) is 4.70. The van der Waals surface area contributed by atoms with Gasteiger partial charge in [0.1, 0.15) is 22.8 Å². The minimum absolute atomic E-state index is 0.0455. The minimum atomic E-state index is -0.816. The first kappa shape index (κ1) is 20.3. The second-order valence-electron chi connectivity index (χ2n) is 6.89. The van der Waals surface area contributed by atoms with Crippen LogP contribution in [0.15, 0.2) is 22.7 Å². The number of carbonyl (C=O) groups excluding carboxylic acids is 2. The number of benzene rings is 1. The zero-order valence-electron chi connectivity index (χ0n) is 15.6. The highest BCUT2D eigenvalue weighted by atomic mass is 35.5. The van der Waals surface area contributed by atoms with E-state index in [1.165, 1.54) is 38.0 Å². The number of rotatable bonds is 5. The molecule has 1 amide bonds. The van der Waals surface area contributed by atoms with Crippen LogP contribution in [0.1, 0.15) is 54.6 Å². The second kappa shape index (κ2) is 9.19. The van der Waals surface area contributed by atoms with Gasteiger partial charge >= 0.3 is 5.97 Å². The molecule has 0 unspecified atom stereocenters. The summed E-state index contributed by atoms with van der Waals surface area (Å²) in [5.41, 5.74) is -0.139. The molecule has 1 aliphatic carbocycles. The summed E-state index contributed by atoms with van der Waals surface area (Å²) >= 11 is 6.06. The largest absolute Gasteiger partial charge is 0.452 e. The van der Waals surface area contributed by atoms with E-state index in [2.05, 4.69) is 10.5 Å². The van der Waals surface area contributed by atoms with E-state index in [1.54, 1.807) is 0 Å². The second-order valence-corrected chi connectivity index (χ2v) is 7.30. The van der Waals surface area contributed by atoms with E-state index in [4.69, 9.17) is 20.9 Å². The number of ether oxygens (including phenoxy) is 1. The van der Waals surface area contributed by atoms with Gasteiger partial charge in [0.05, 0.1) is 10.6 Å². The van der Waals surface area contributed by atoms with Gasteiger partial charge in [-0.05, 0) is 31.9 Å². The molecular formula is C20H22ClFN2O4. The predicted molar refractivity (Wildman–Crippen MR) is 102 cm³/mol. The number of hydrogen-bond donors (Lipinski definition) is 1. The molecule has 0 atom stereocenters. The molecule has 1 heterocycles. The smallest absolute Gasteiger partial charge is 0.344 e. The SMILES string of the molecule is Cc1onc(-c2c(F)cccc2Cl)c1C(=O)OCC(=O)NC1CCCCCC1. The molecule has 1 N–H and O–H groups in total. The number of halogens is 2. The molecule has 0 spiro atoms. The van der Waals surface area contributed by atoms with Crippen molar-refractivity contribution in [2.45, 2.75) is 51.5 Å². The molecule has 1 fully saturated rings. The molecule has 3 rings (SSSR count). The summed E-state index contributed by atoms with van der Waals surface area (Å²) in [5, 5.41) is 6.75. The van der Waals surface area contributed by atoms with Gasteiger partial charge in [0.2, 0.25) is 0 Å². The van der Waals surface area contributed by atoms with Gasteiger partial charge in [-0.25, -0.2) is 9.18 Å². The zero-order chi connectivity index (χ0) is 20.1. The van der Waals surface area contributed by atoms with Crippen LogP contribution in [0, 0.1) is 12.7 Å². The van der Waals surface area contributed by atoms with Crippen LogP contribution >= 0.6 is 11.6 Å². The predicted octanol–water partition coefficient (Wildman–Crippen LogP) is 4.44. The fourth-order valence-corrected chi connectivity index (χ4v) is 3.66. The van der Waals surface area contributed by atoms with Gasteiger partial charge in [-0.3, -0.25) is 4.79 Å². The molecule has 0 aliphatic heterocycles. The topological polar surface area (TPSA) is 81.4 Å². The number of nitrogens with zero attached hydrogens (tertiary/aromatic N) is 1. The van der Waals surface area contributed by atoms with Crippen LogP contribution in [0.5, 0.6) is 0 Å². The third-order valence-corrected chi connectivity index (χ3v) is 5.14. The summed E-state index contributed by atoms with van der Waals surface area (Å²) in [6.07, 6.45) is 6.38. The fraction of sp³-hybridized carbons (Fsp3) is 0.450. The molecule has 0 bridgehead atoms. The molecule has 1 aromatic carbocycles. The van der Waals surface area contributed by atoms with E-state index in [-0.39, 0.29) is 39.6 Å². The van der Waals surface area contributed by atoms with Crippen molar-refractivity contribution in [2.75, 3.05) is 6.61 Å². The molecule has 0 radical (unpaired) electrons. The third-order valence-electron chi connectivity index (χ3n) is 4.82. The van der Waals surface area contributed by atoms with Gasteiger partial charge in [-0.2, -0.15) is 0 Å². The van der Waals surface area contributed by atoms with Gasteiger partial charge in [0.15, 0.2) is 6.61 Å². The molecule has 2 aromatic rings. The van der Waals surface area contributed by atoms with Gasteiger partial charge in [-0.15, -0.1) is 0 Å². The summed E-state index contributed by atoms with van der Waals surface area (Å²) in [4.78, 5) is 24.7. The van der Waals surface area contributed by atoms with E-state index < -0.39 is 18.4 Å². The maximum atomic E-state index is 14.2. The normalized spacial score (nSPS) is 15.1. The van der Waals surface area contributed by atoms with Gasteiger partial charge in [-0.1, -0.05) is 48.5 Å². The molecule has 28 heavy (non-hydrogen) atoms. The number of esters is 1. The number of aromatic nitrogens is 1. The Morgan fingerprint density at radius 2 is 2.00 bits per heavy atom. The highest BCUT2D eigenvalue weighted by Gasteiger charge is 2.27. The number of nitrogens with one attached hydrogen (secondary N) is 1. The summed E-state index contributed by atoms with van der Waals surface area (Å²) in [7, 11) is 0. The van der Waals surface area contributed by atoms with Crippen molar-refractivity contribution in [1.29, 1.82) is 0 Å². The lowest BCUT2D eigenvalue weighted by Gasteiger charge is -2.16. The van der Waals surface area contributed by atoms with Crippen molar-refractivity contribution in [3.63, 3.8) is 0 Å². The maximum absolute atomic E-state index is 14.2. The molecule has 1 saturated carbocycles. The van der Waals surface area contributed by atoms with Gasteiger partial charge in [0, 0.05) is 6.04 Å². The quantitative estimate of drug-likeness (QED) is 0.584. The van der Waals surface area contributed by atoms with Crippen molar-refractivity contribution in [1.82, 2.24) is 10.5 Å². The van der Waals surface area contributed by atoms with Gasteiger partial charge in [0.25, 0.3) is 5.91 Å². The van der Waals surface area contributed by atoms with E-state index in [1.807, 2.05) is 0 Å². The summed E-state index contributed by atoms with van der Waals surface area (Å²) in [6.45, 7) is 1.08. The standard InChI is InChI=1S/C20H22ClFN2O4/c1-12-17(19(24-28-12)18-14(21)9-6-10-15(18)22)20(26)27-11-16(25)23-13-7-4-2-3-5-8-13/h6,9-10,13H,2-5,7-8,11H2,1H3,(H,23,25). The van der Waals surface area contributed by atoms with Crippen LogP contribution in [0.4, 0.5) is 4.39 Å². The molecule has 150 valence electrons. The molecular weight excluding hydrogens is 387 g/mol. The Bertz CT molecular complexity index is 840. The van der Waals surface area contributed by atoms with Crippen molar-refractivity contribution in [2.24, 2.45) is 0 Å². The van der Waals surface area contributed by atoms with Gasteiger partial charge < -0.3 is 14.6 Å². The van der Waals surface area contributed by atoms with Crippen LogP contribution in [0.3, 0.4) is 0 Å². The Hall–Kier alpha value is -2.41. The number of aryl methyl sites for hydroxylation is 1. The molecule has 1 aromatic heterocycles. The summed E-state index contributed by atoms with van der Waals surface area (Å²) in [5.74, 6) is -1.66. The zero-order valence-corrected chi connectivity index (χ0v) is 16.4. The Kier molecular flexibility index (Phi) is 6.67. The van der Waals surface area contributed by atoms with E-state index >= 15 is 0 Å². The lowest BCUT2D eigenvalue weighted by molar-refractivity contribution is -0.125. The lowest BCUT2D eigenvalue weighted by atomic mass is 10.1. The molecule has 8 heteroatoms. The Labute approximate surface area is 167 Å². The molecule has 0 saturated heterocycles. The Morgan fingerprint density at radius 1 is 1.29 bits per heavy atom. The lowest BCUT2D eigenvalue weighted by Crippen LogP contribution is -2.37. The van der Waals surface area contributed by atoms with Crippen molar-refractivity contribution < 1.29 is 23.2 Å². The van der Waals surface area contributed by atoms with Crippen LogP contribution < -0.4 is 5.32 Å². The van der Waals surface area contributed by atoms with Crippen LogP contribution in [0.2, 0.25) is 5.02 Å². The average Bonchev–Trinajstić information content (AvgIpc) is 2.86. The Balaban J connectivity index is 1.68. The van der Waals surface area contributed by atoms with E-state index in [9.17, 15) is 14.0 Å². The first-order valence-corrected chi connectivity index (χ1v) is 9.72. The minimum Gasteiger partial charge on any atom is -0.452 e. The molecule has 1 aliphatic rings. The first-order valence-electron chi connectivity index (χ1n) is 9.34. The van der Waals surface area contributed by atoms with E-state index in [0.717, 1.165) is 25.7 Å². The van der Waals surface area contributed by atoms with Crippen LogP contribution in [-0.2, 0) is 9.53 Å². The fourth-order valence-electron chi connectivity index (χ4n) is 3.40. The molecule has 6 nitrogen and oxygen atoms in total. The highest BCUT2D eigenvalue weighted by Crippen LogP contribution is 2.33. The summed E-state index contributed by atoms with van der Waals surface area (Å²) < 4.78 is 24.4. The number of carbonyl (C=O) groups is 2. The monoisotopic (exact) mass is 408 g/mol. The maximum Gasteiger partial charge on any atom is 0.344 e. The average molecular weight is 409 g/mol.